The highest BCUT2D eigenvalue weighted by Gasteiger charge is 2.22. The predicted octanol–water partition coefficient (Wildman–Crippen LogP) is 1.33. The summed E-state index contributed by atoms with van der Waals surface area (Å²) in [7, 11) is 0. The molecule has 0 heterocycles. The van der Waals surface area contributed by atoms with Crippen molar-refractivity contribution in [3.8, 4) is 0 Å². The molecule has 1 aliphatic rings. The van der Waals surface area contributed by atoms with Gasteiger partial charge in [0.25, 0.3) is 0 Å². The van der Waals surface area contributed by atoms with Gasteiger partial charge in [0.1, 0.15) is 11.6 Å². The molecule has 2 nitrogen and oxygen atoms in total. The molecule has 0 spiro atoms. The van der Waals surface area contributed by atoms with Gasteiger partial charge in [-0.1, -0.05) is 0 Å². The van der Waals surface area contributed by atoms with Crippen LogP contribution in [0.3, 0.4) is 0 Å². The first-order valence-corrected chi connectivity index (χ1v) is 3.69. The Kier molecular flexibility index (Phi) is 2.20. The van der Waals surface area contributed by atoms with Crippen molar-refractivity contribution in [3.63, 3.8) is 0 Å². The van der Waals surface area contributed by atoms with Crippen LogP contribution in [-0.2, 0) is 9.59 Å². The highest BCUT2D eigenvalue weighted by atomic mass is 16.1. The number of carbonyl (C=O) groups excluding carboxylic acids is 2. The lowest BCUT2D eigenvalue weighted by molar-refractivity contribution is -0.118. The molecule has 0 amide bonds. The molecule has 0 radical (unpaired) electrons. The van der Waals surface area contributed by atoms with E-state index >= 15 is 0 Å². The molecule has 0 N–H and O–H groups in total. The second kappa shape index (κ2) is 2.95. The van der Waals surface area contributed by atoms with Crippen molar-refractivity contribution >= 4 is 11.6 Å². The maximum absolute atomic E-state index is 10.7. The number of hydrogen-bond donors (Lipinski definition) is 0. The van der Waals surface area contributed by atoms with Gasteiger partial charge in [0.15, 0.2) is 0 Å². The van der Waals surface area contributed by atoms with Gasteiger partial charge in [-0.3, -0.25) is 4.79 Å². The minimum atomic E-state index is 0.208. The first-order valence-electron chi connectivity index (χ1n) is 3.69. The van der Waals surface area contributed by atoms with Crippen molar-refractivity contribution < 1.29 is 9.59 Å². The van der Waals surface area contributed by atoms with E-state index in [1.807, 2.05) is 0 Å². The summed E-state index contributed by atoms with van der Waals surface area (Å²) in [5.41, 5.74) is 0. The minimum absolute atomic E-state index is 0.208. The molecule has 1 saturated carbocycles. The molecule has 0 bridgehead atoms. The number of rotatable bonds is 2. The summed E-state index contributed by atoms with van der Waals surface area (Å²) in [6.07, 6.45) is 2.86. The van der Waals surface area contributed by atoms with Gasteiger partial charge in [0, 0.05) is 19.3 Å². The van der Waals surface area contributed by atoms with Gasteiger partial charge in [0.2, 0.25) is 0 Å². The van der Waals surface area contributed by atoms with Crippen LogP contribution in [0.25, 0.3) is 0 Å². The molecule has 0 unspecified atom stereocenters. The third-order valence-corrected chi connectivity index (χ3v) is 1.92. The fourth-order valence-corrected chi connectivity index (χ4v) is 1.47. The highest BCUT2D eigenvalue weighted by molar-refractivity contribution is 5.82. The van der Waals surface area contributed by atoms with E-state index in [2.05, 4.69) is 0 Å². The van der Waals surface area contributed by atoms with E-state index in [1.165, 1.54) is 0 Å². The number of Topliss-reactive ketones (excluding diaryl/α,β-unsaturated/α-hetero) is 2. The lowest BCUT2D eigenvalue weighted by Gasteiger charge is -2.01. The zero-order valence-corrected chi connectivity index (χ0v) is 6.22. The van der Waals surface area contributed by atoms with Gasteiger partial charge in [-0.25, -0.2) is 0 Å². The summed E-state index contributed by atoms with van der Waals surface area (Å²) < 4.78 is 0. The molecule has 2 heteroatoms. The van der Waals surface area contributed by atoms with Crippen LogP contribution in [0.15, 0.2) is 0 Å². The fraction of sp³-hybridized carbons (Fsp3) is 0.750. The molecule has 0 aromatic rings. The summed E-state index contributed by atoms with van der Waals surface area (Å²) in [4.78, 5) is 21.3. The molecule has 0 aromatic carbocycles. The number of ketones is 2. The monoisotopic (exact) mass is 140 g/mol. The largest absolute Gasteiger partial charge is 0.300 e. The maximum Gasteiger partial charge on any atom is 0.133 e. The Morgan fingerprint density at radius 3 is 2.80 bits per heavy atom. The van der Waals surface area contributed by atoms with Crippen LogP contribution in [0.2, 0.25) is 0 Å². The fourth-order valence-electron chi connectivity index (χ4n) is 1.47. The summed E-state index contributed by atoms with van der Waals surface area (Å²) in [5.74, 6) is 0.899. The van der Waals surface area contributed by atoms with Gasteiger partial charge in [0.05, 0.1) is 0 Å². The predicted molar refractivity (Wildman–Crippen MR) is 37.6 cm³/mol. The molecule has 1 atom stereocenters. The standard InChI is InChI=1S/C8H12O2/c1-6(9)4-7-2-3-8(10)5-7/h7H,2-5H2,1H3/t7-/m0/s1. The van der Waals surface area contributed by atoms with Crippen LogP contribution in [-0.4, -0.2) is 11.6 Å². The topological polar surface area (TPSA) is 34.1 Å². The highest BCUT2D eigenvalue weighted by Crippen LogP contribution is 2.24. The summed E-state index contributed by atoms with van der Waals surface area (Å²) in [6.45, 7) is 1.59. The average Bonchev–Trinajstić information content (AvgIpc) is 2.13. The third-order valence-electron chi connectivity index (χ3n) is 1.92. The summed E-state index contributed by atoms with van der Waals surface area (Å²) in [6, 6.07) is 0. The Morgan fingerprint density at radius 1 is 1.70 bits per heavy atom. The van der Waals surface area contributed by atoms with Crippen LogP contribution in [0.4, 0.5) is 0 Å². The van der Waals surface area contributed by atoms with Crippen molar-refractivity contribution in [2.45, 2.75) is 32.6 Å². The molecule has 1 aliphatic carbocycles. The van der Waals surface area contributed by atoms with Crippen molar-refractivity contribution in [1.82, 2.24) is 0 Å². The van der Waals surface area contributed by atoms with E-state index in [1.54, 1.807) is 6.92 Å². The average molecular weight is 140 g/mol. The molecule has 1 fully saturated rings. The Bertz CT molecular complexity index is 161. The van der Waals surface area contributed by atoms with E-state index in [4.69, 9.17) is 0 Å². The van der Waals surface area contributed by atoms with Crippen molar-refractivity contribution in [2.24, 2.45) is 5.92 Å². The Morgan fingerprint density at radius 2 is 2.40 bits per heavy atom. The Balaban J connectivity index is 2.31. The SMILES string of the molecule is CC(=O)C[C@@H]1CCC(=O)C1. The van der Waals surface area contributed by atoms with Crippen LogP contribution in [0.1, 0.15) is 32.6 Å². The molecular weight excluding hydrogens is 128 g/mol. The first kappa shape index (κ1) is 7.45. The second-order valence-electron chi connectivity index (χ2n) is 3.05. The van der Waals surface area contributed by atoms with Crippen molar-refractivity contribution in [3.05, 3.63) is 0 Å². The molecule has 10 heavy (non-hydrogen) atoms. The number of hydrogen-bond acceptors (Lipinski definition) is 2. The van der Waals surface area contributed by atoms with Crippen LogP contribution in [0.5, 0.6) is 0 Å². The quantitative estimate of drug-likeness (QED) is 0.580. The third kappa shape index (κ3) is 1.94. The lowest BCUT2D eigenvalue weighted by atomic mass is 10.0. The van der Waals surface area contributed by atoms with E-state index in [9.17, 15) is 9.59 Å². The number of carbonyl (C=O) groups is 2. The van der Waals surface area contributed by atoms with Crippen LogP contribution >= 0.6 is 0 Å². The lowest BCUT2D eigenvalue weighted by Crippen LogP contribution is -2.01. The zero-order valence-electron chi connectivity index (χ0n) is 6.22. The molecule has 0 aromatic heterocycles. The smallest absolute Gasteiger partial charge is 0.133 e. The minimum Gasteiger partial charge on any atom is -0.300 e. The van der Waals surface area contributed by atoms with Gasteiger partial charge >= 0.3 is 0 Å². The Labute approximate surface area is 60.6 Å². The molecule has 56 valence electrons. The van der Waals surface area contributed by atoms with E-state index in [0.29, 0.717) is 31.0 Å². The van der Waals surface area contributed by atoms with Gasteiger partial charge in [-0.05, 0) is 19.3 Å². The van der Waals surface area contributed by atoms with Crippen LogP contribution in [0, 0.1) is 5.92 Å². The summed E-state index contributed by atoms with van der Waals surface area (Å²) >= 11 is 0. The van der Waals surface area contributed by atoms with E-state index < -0.39 is 0 Å². The van der Waals surface area contributed by atoms with Gasteiger partial charge in [-0.15, -0.1) is 0 Å². The normalized spacial score (nSPS) is 25.3. The molecule has 0 aliphatic heterocycles. The van der Waals surface area contributed by atoms with E-state index in [0.717, 1.165) is 6.42 Å². The van der Waals surface area contributed by atoms with Crippen molar-refractivity contribution in [2.75, 3.05) is 0 Å². The second-order valence-corrected chi connectivity index (χ2v) is 3.05. The van der Waals surface area contributed by atoms with Crippen LogP contribution < -0.4 is 0 Å². The maximum atomic E-state index is 10.7. The van der Waals surface area contributed by atoms with Gasteiger partial charge in [-0.2, -0.15) is 0 Å². The summed E-state index contributed by atoms with van der Waals surface area (Å²) in [5, 5.41) is 0. The molecular formula is C8H12O2. The van der Waals surface area contributed by atoms with E-state index in [-0.39, 0.29) is 5.78 Å². The molecule has 0 saturated heterocycles. The Hall–Kier alpha value is -0.660. The zero-order chi connectivity index (χ0) is 7.56. The van der Waals surface area contributed by atoms with Crippen molar-refractivity contribution in [1.29, 1.82) is 0 Å². The van der Waals surface area contributed by atoms with Gasteiger partial charge < -0.3 is 4.79 Å². The first-order chi connectivity index (χ1) is 4.68. The molecule has 1 rings (SSSR count).